The van der Waals surface area contributed by atoms with Crippen LogP contribution >= 0.6 is 0 Å². The third-order valence-corrected chi connectivity index (χ3v) is 8.81. The highest BCUT2D eigenvalue weighted by molar-refractivity contribution is 7.89. The Kier molecular flexibility index (Phi) is 7.85. The summed E-state index contributed by atoms with van der Waals surface area (Å²) < 4.78 is 29.7. The van der Waals surface area contributed by atoms with Crippen LogP contribution in [0.3, 0.4) is 0 Å². The summed E-state index contributed by atoms with van der Waals surface area (Å²) in [5.41, 5.74) is 2.58. The second-order valence-electron chi connectivity index (χ2n) is 9.60. The molecule has 2 atom stereocenters. The highest BCUT2D eigenvalue weighted by Crippen LogP contribution is 2.35. The van der Waals surface area contributed by atoms with E-state index in [-0.39, 0.29) is 24.3 Å². The minimum absolute atomic E-state index is 0.0209. The van der Waals surface area contributed by atoms with Crippen LogP contribution in [0.1, 0.15) is 37.3 Å². The van der Waals surface area contributed by atoms with Crippen LogP contribution in [-0.2, 0) is 32.6 Å². The molecule has 2 N–H and O–H groups in total. The normalized spacial score (nSPS) is 16.7. The standard InChI is InChI=1S/C28H33N3O5S/c1-4-5-14-23(28(33)34)29-27(32)25-17-19-10-6-7-11-20(19)18-31(25)37(35,36)26-16-9-12-21-22(26)13-8-15-24(21)30(2)3/h6-13,15-16,23,25H,4-5,14,17-18H2,1-3H3,(H,29,32)(H,33,34)/t23?,25-/m0/s1. The third-order valence-electron chi connectivity index (χ3n) is 6.90. The van der Waals surface area contributed by atoms with Crippen molar-refractivity contribution in [3.63, 3.8) is 0 Å². The number of benzene rings is 3. The summed E-state index contributed by atoms with van der Waals surface area (Å²) in [6.45, 7) is 1.96. The zero-order chi connectivity index (χ0) is 26.7. The maximum atomic E-state index is 14.2. The van der Waals surface area contributed by atoms with Gasteiger partial charge in [-0.2, -0.15) is 4.31 Å². The molecule has 1 aliphatic rings. The maximum Gasteiger partial charge on any atom is 0.326 e. The van der Waals surface area contributed by atoms with Crippen molar-refractivity contribution >= 4 is 38.4 Å². The number of anilines is 1. The summed E-state index contributed by atoms with van der Waals surface area (Å²) in [7, 11) is -0.338. The fourth-order valence-corrected chi connectivity index (χ4v) is 6.69. The number of carbonyl (C=O) groups is 2. The lowest BCUT2D eigenvalue weighted by Crippen LogP contribution is -2.55. The number of unbranched alkanes of at least 4 members (excludes halogenated alkanes) is 1. The van der Waals surface area contributed by atoms with Crippen molar-refractivity contribution in [3.05, 3.63) is 71.8 Å². The average molecular weight is 524 g/mol. The van der Waals surface area contributed by atoms with Crippen LogP contribution in [0.2, 0.25) is 0 Å². The van der Waals surface area contributed by atoms with Gasteiger partial charge in [0.1, 0.15) is 12.1 Å². The number of amides is 1. The molecule has 196 valence electrons. The lowest BCUT2D eigenvalue weighted by molar-refractivity contribution is -0.142. The van der Waals surface area contributed by atoms with E-state index in [0.29, 0.717) is 11.8 Å². The molecule has 0 aromatic heterocycles. The van der Waals surface area contributed by atoms with Crippen molar-refractivity contribution in [3.8, 4) is 0 Å². The van der Waals surface area contributed by atoms with Crippen LogP contribution in [0.5, 0.6) is 0 Å². The van der Waals surface area contributed by atoms with Gasteiger partial charge in [0, 0.05) is 37.1 Å². The van der Waals surface area contributed by atoms with Crippen LogP contribution in [0.4, 0.5) is 5.69 Å². The quantitative estimate of drug-likeness (QED) is 0.442. The molecule has 4 rings (SSSR count). The van der Waals surface area contributed by atoms with Crippen LogP contribution in [-0.4, -0.2) is 55.9 Å². The molecule has 9 heteroatoms. The first kappa shape index (κ1) is 26.6. The van der Waals surface area contributed by atoms with Crippen molar-refractivity contribution in [1.29, 1.82) is 0 Å². The van der Waals surface area contributed by atoms with Crippen molar-refractivity contribution < 1.29 is 23.1 Å². The monoisotopic (exact) mass is 523 g/mol. The van der Waals surface area contributed by atoms with Gasteiger partial charge in [0.25, 0.3) is 0 Å². The van der Waals surface area contributed by atoms with Crippen molar-refractivity contribution in [2.24, 2.45) is 0 Å². The van der Waals surface area contributed by atoms with Gasteiger partial charge in [-0.25, -0.2) is 13.2 Å². The topological polar surface area (TPSA) is 107 Å². The van der Waals surface area contributed by atoms with Crippen molar-refractivity contribution in [2.75, 3.05) is 19.0 Å². The second kappa shape index (κ2) is 10.9. The molecule has 1 heterocycles. The molecule has 1 aliphatic heterocycles. The van der Waals surface area contributed by atoms with Crippen LogP contribution in [0.15, 0.2) is 65.6 Å². The zero-order valence-electron chi connectivity index (χ0n) is 21.3. The smallest absolute Gasteiger partial charge is 0.326 e. The minimum Gasteiger partial charge on any atom is -0.480 e. The van der Waals surface area contributed by atoms with Crippen LogP contribution in [0, 0.1) is 0 Å². The summed E-state index contributed by atoms with van der Waals surface area (Å²) >= 11 is 0. The molecule has 37 heavy (non-hydrogen) atoms. The molecule has 1 unspecified atom stereocenters. The van der Waals surface area contributed by atoms with Gasteiger partial charge in [0.05, 0.1) is 4.90 Å². The number of carboxylic acids is 1. The van der Waals surface area contributed by atoms with E-state index in [2.05, 4.69) is 5.32 Å². The molecule has 1 amide bonds. The van der Waals surface area contributed by atoms with Crippen LogP contribution < -0.4 is 10.2 Å². The molecule has 0 bridgehead atoms. The lowest BCUT2D eigenvalue weighted by atomic mass is 9.95. The van der Waals surface area contributed by atoms with E-state index in [1.807, 2.05) is 68.4 Å². The Morgan fingerprint density at radius 1 is 1.03 bits per heavy atom. The van der Waals surface area contributed by atoms with Crippen LogP contribution in [0.25, 0.3) is 10.8 Å². The number of nitrogens with zero attached hydrogens (tertiary/aromatic N) is 2. The first-order valence-electron chi connectivity index (χ1n) is 12.5. The van der Waals surface area contributed by atoms with E-state index in [1.165, 1.54) is 4.31 Å². The van der Waals surface area contributed by atoms with E-state index in [4.69, 9.17) is 0 Å². The predicted octanol–water partition coefficient (Wildman–Crippen LogP) is 3.78. The Morgan fingerprint density at radius 2 is 1.70 bits per heavy atom. The first-order valence-corrected chi connectivity index (χ1v) is 13.9. The van der Waals surface area contributed by atoms with Gasteiger partial charge >= 0.3 is 5.97 Å². The van der Waals surface area contributed by atoms with E-state index >= 15 is 0 Å². The number of hydrogen-bond acceptors (Lipinski definition) is 5. The Hall–Kier alpha value is -3.43. The van der Waals surface area contributed by atoms with E-state index in [9.17, 15) is 23.1 Å². The summed E-state index contributed by atoms with van der Waals surface area (Å²) in [5.74, 6) is -1.73. The van der Waals surface area contributed by atoms with E-state index in [0.717, 1.165) is 28.6 Å². The Balaban J connectivity index is 1.79. The molecule has 8 nitrogen and oxygen atoms in total. The minimum atomic E-state index is -4.13. The Morgan fingerprint density at radius 3 is 2.38 bits per heavy atom. The Bertz CT molecular complexity index is 1420. The zero-order valence-corrected chi connectivity index (χ0v) is 22.2. The number of carbonyl (C=O) groups excluding carboxylic acids is 1. The van der Waals surface area contributed by atoms with Gasteiger partial charge in [0.2, 0.25) is 15.9 Å². The number of rotatable bonds is 9. The molecular weight excluding hydrogens is 490 g/mol. The van der Waals surface area contributed by atoms with Gasteiger partial charge in [-0.05, 0) is 36.1 Å². The molecule has 3 aromatic rings. The number of carboxylic acid groups (broad SMARTS) is 1. The molecule has 0 spiro atoms. The molecule has 0 saturated carbocycles. The van der Waals surface area contributed by atoms with Gasteiger partial charge in [-0.15, -0.1) is 0 Å². The highest BCUT2D eigenvalue weighted by atomic mass is 32.2. The summed E-state index contributed by atoms with van der Waals surface area (Å²) in [6, 6.07) is 16.0. The molecule has 0 saturated heterocycles. The third kappa shape index (κ3) is 5.33. The molecular formula is C28H33N3O5S. The first-order chi connectivity index (χ1) is 17.6. The molecule has 0 radical (unpaired) electrons. The van der Waals surface area contributed by atoms with Gasteiger partial charge < -0.3 is 15.3 Å². The fraction of sp³-hybridized carbons (Fsp3) is 0.357. The largest absolute Gasteiger partial charge is 0.480 e. The maximum absolute atomic E-state index is 14.2. The van der Waals surface area contributed by atoms with E-state index < -0.39 is 34.0 Å². The van der Waals surface area contributed by atoms with Gasteiger partial charge in [0.15, 0.2) is 0 Å². The van der Waals surface area contributed by atoms with E-state index in [1.54, 1.807) is 18.2 Å². The number of nitrogens with one attached hydrogen (secondary N) is 1. The highest BCUT2D eigenvalue weighted by Gasteiger charge is 2.41. The SMILES string of the molecule is CCCCC(NC(=O)[C@@H]1Cc2ccccc2CN1S(=O)(=O)c1cccc2c(N(C)C)cccc12)C(=O)O. The second-order valence-corrected chi connectivity index (χ2v) is 11.5. The van der Waals surface area contributed by atoms with Crippen molar-refractivity contribution in [2.45, 2.75) is 56.1 Å². The number of fused-ring (bicyclic) bond motifs is 2. The van der Waals surface area contributed by atoms with Gasteiger partial charge in [-0.1, -0.05) is 68.3 Å². The summed E-state index contributed by atoms with van der Waals surface area (Å²) in [6.07, 6.45) is 1.86. The number of aliphatic carboxylic acids is 1. The molecule has 0 fully saturated rings. The summed E-state index contributed by atoms with van der Waals surface area (Å²) in [5, 5.41) is 13.6. The predicted molar refractivity (Wildman–Crippen MR) is 144 cm³/mol. The molecule has 3 aromatic carbocycles. The number of sulfonamides is 1. The average Bonchev–Trinajstić information content (AvgIpc) is 2.89. The fourth-order valence-electron chi connectivity index (χ4n) is 4.91. The Labute approximate surface area is 217 Å². The summed E-state index contributed by atoms with van der Waals surface area (Å²) in [4.78, 5) is 27.3. The lowest BCUT2D eigenvalue weighted by Gasteiger charge is -2.35. The van der Waals surface area contributed by atoms with Crippen molar-refractivity contribution in [1.82, 2.24) is 9.62 Å². The van der Waals surface area contributed by atoms with Gasteiger partial charge in [-0.3, -0.25) is 4.79 Å². The number of hydrogen-bond donors (Lipinski definition) is 2. The molecule has 0 aliphatic carbocycles.